The number of hydrogen-bond acceptors (Lipinski definition) is 3. The average Bonchev–Trinajstić information content (AvgIpc) is 2.85. The number of imidazole rings is 1. The summed E-state index contributed by atoms with van der Waals surface area (Å²) >= 11 is 0. The van der Waals surface area contributed by atoms with Gasteiger partial charge in [0.2, 0.25) is 0 Å². The first-order chi connectivity index (χ1) is 7.25. The Hall–Kier alpha value is -1.55. The van der Waals surface area contributed by atoms with Crippen LogP contribution in [0.15, 0.2) is 29.2 Å². The highest BCUT2D eigenvalue weighted by Gasteiger charge is 2.04. The van der Waals surface area contributed by atoms with Crippen LogP contribution in [0.25, 0.3) is 11.3 Å². The van der Waals surface area contributed by atoms with E-state index in [1.54, 1.807) is 12.5 Å². The second kappa shape index (κ2) is 4.31. The van der Waals surface area contributed by atoms with Crippen molar-refractivity contribution in [2.45, 2.75) is 25.8 Å². The molecule has 4 nitrogen and oxygen atoms in total. The summed E-state index contributed by atoms with van der Waals surface area (Å²) in [6.45, 7) is 2.00. The molecule has 4 heteroatoms. The molecule has 2 rings (SSSR count). The van der Waals surface area contributed by atoms with E-state index in [0.29, 0.717) is 0 Å². The lowest BCUT2D eigenvalue weighted by Gasteiger charge is -2.01. The standard InChI is InChI=1S/C11H15N3O/c1-8(12)2-3-11-13-6-10(14-11)9-4-5-15-7-9/h4-8H,2-3,12H2,1H3,(H,13,14). The molecular weight excluding hydrogens is 190 g/mol. The minimum atomic E-state index is 0.215. The molecule has 0 fully saturated rings. The first kappa shape index (κ1) is 9.98. The van der Waals surface area contributed by atoms with Crippen molar-refractivity contribution >= 4 is 0 Å². The van der Waals surface area contributed by atoms with Crippen LogP contribution in [0.3, 0.4) is 0 Å². The number of aryl methyl sites for hydroxylation is 1. The Labute approximate surface area is 88.5 Å². The summed E-state index contributed by atoms with van der Waals surface area (Å²) in [6, 6.07) is 2.12. The number of nitrogens with one attached hydrogen (secondary N) is 1. The van der Waals surface area contributed by atoms with Crippen molar-refractivity contribution < 1.29 is 4.42 Å². The molecule has 2 heterocycles. The van der Waals surface area contributed by atoms with Crippen LogP contribution in [0.4, 0.5) is 0 Å². The molecule has 0 radical (unpaired) electrons. The molecule has 3 N–H and O–H groups in total. The molecule has 0 aromatic carbocycles. The largest absolute Gasteiger partial charge is 0.472 e. The lowest BCUT2D eigenvalue weighted by atomic mass is 10.2. The van der Waals surface area contributed by atoms with Gasteiger partial charge in [-0.05, 0) is 19.4 Å². The SMILES string of the molecule is CC(N)CCc1ncc(-c2ccoc2)[nH]1. The number of nitrogens with two attached hydrogens (primary N) is 1. The van der Waals surface area contributed by atoms with E-state index in [-0.39, 0.29) is 6.04 Å². The van der Waals surface area contributed by atoms with Gasteiger partial charge in [0, 0.05) is 18.0 Å². The Morgan fingerprint density at radius 2 is 2.47 bits per heavy atom. The summed E-state index contributed by atoms with van der Waals surface area (Å²) in [5.74, 6) is 0.975. The molecule has 80 valence electrons. The highest BCUT2D eigenvalue weighted by atomic mass is 16.3. The van der Waals surface area contributed by atoms with Gasteiger partial charge in [0.15, 0.2) is 0 Å². The van der Waals surface area contributed by atoms with E-state index >= 15 is 0 Å². The fourth-order valence-electron chi connectivity index (χ4n) is 1.42. The van der Waals surface area contributed by atoms with Gasteiger partial charge in [0.05, 0.1) is 24.4 Å². The van der Waals surface area contributed by atoms with Gasteiger partial charge in [-0.25, -0.2) is 4.98 Å². The van der Waals surface area contributed by atoms with E-state index in [0.717, 1.165) is 29.9 Å². The van der Waals surface area contributed by atoms with Crippen molar-refractivity contribution in [3.63, 3.8) is 0 Å². The highest BCUT2D eigenvalue weighted by molar-refractivity contribution is 5.56. The van der Waals surface area contributed by atoms with Crippen LogP contribution in [-0.4, -0.2) is 16.0 Å². The summed E-state index contributed by atoms with van der Waals surface area (Å²) in [5, 5.41) is 0. The third kappa shape index (κ3) is 2.47. The predicted molar refractivity (Wildman–Crippen MR) is 58.3 cm³/mol. The number of H-pyrrole nitrogens is 1. The molecule has 0 bridgehead atoms. The molecule has 0 aliphatic carbocycles. The van der Waals surface area contributed by atoms with Crippen LogP contribution in [0.5, 0.6) is 0 Å². The molecular formula is C11H15N3O. The van der Waals surface area contributed by atoms with Crippen LogP contribution in [0.1, 0.15) is 19.2 Å². The zero-order valence-electron chi connectivity index (χ0n) is 8.73. The Bertz CT molecular complexity index is 403. The zero-order chi connectivity index (χ0) is 10.7. The molecule has 2 aromatic rings. The maximum absolute atomic E-state index is 5.68. The number of aromatic nitrogens is 2. The Morgan fingerprint density at radius 1 is 1.60 bits per heavy atom. The van der Waals surface area contributed by atoms with Gasteiger partial charge in [0.25, 0.3) is 0 Å². The summed E-state index contributed by atoms with van der Waals surface area (Å²) < 4.78 is 5.01. The quantitative estimate of drug-likeness (QED) is 0.801. The minimum Gasteiger partial charge on any atom is -0.472 e. The molecule has 0 spiro atoms. The van der Waals surface area contributed by atoms with Gasteiger partial charge in [-0.2, -0.15) is 0 Å². The van der Waals surface area contributed by atoms with Gasteiger partial charge in [-0.3, -0.25) is 0 Å². The van der Waals surface area contributed by atoms with Crippen molar-refractivity contribution in [1.29, 1.82) is 0 Å². The molecule has 1 atom stereocenters. The van der Waals surface area contributed by atoms with E-state index < -0.39 is 0 Å². The van der Waals surface area contributed by atoms with Gasteiger partial charge in [0.1, 0.15) is 5.82 Å². The maximum Gasteiger partial charge on any atom is 0.106 e. The minimum absolute atomic E-state index is 0.215. The summed E-state index contributed by atoms with van der Waals surface area (Å²) in [5.41, 5.74) is 7.70. The molecule has 0 amide bonds. The summed E-state index contributed by atoms with van der Waals surface area (Å²) in [4.78, 5) is 7.54. The maximum atomic E-state index is 5.68. The van der Waals surface area contributed by atoms with Crippen LogP contribution in [0, 0.1) is 0 Å². The first-order valence-electron chi connectivity index (χ1n) is 5.08. The van der Waals surface area contributed by atoms with E-state index in [1.807, 2.05) is 19.2 Å². The summed E-state index contributed by atoms with van der Waals surface area (Å²) in [7, 11) is 0. The summed E-state index contributed by atoms with van der Waals surface area (Å²) in [6.07, 6.45) is 7.00. The molecule has 15 heavy (non-hydrogen) atoms. The Balaban J connectivity index is 2.04. The number of hydrogen-bond donors (Lipinski definition) is 2. The fraction of sp³-hybridized carbons (Fsp3) is 0.364. The van der Waals surface area contributed by atoms with Crippen molar-refractivity contribution in [2.75, 3.05) is 0 Å². The first-order valence-corrected chi connectivity index (χ1v) is 5.08. The number of rotatable bonds is 4. The molecule has 0 aliphatic heterocycles. The van der Waals surface area contributed by atoms with Crippen LogP contribution in [0.2, 0.25) is 0 Å². The molecule has 0 aliphatic rings. The average molecular weight is 205 g/mol. The van der Waals surface area contributed by atoms with Crippen molar-refractivity contribution in [3.8, 4) is 11.3 Å². The van der Waals surface area contributed by atoms with Gasteiger partial charge >= 0.3 is 0 Å². The van der Waals surface area contributed by atoms with Crippen LogP contribution >= 0.6 is 0 Å². The van der Waals surface area contributed by atoms with E-state index in [2.05, 4.69) is 9.97 Å². The smallest absolute Gasteiger partial charge is 0.106 e. The molecule has 1 unspecified atom stereocenters. The van der Waals surface area contributed by atoms with E-state index in [1.165, 1.54) is 0 Å². The Morgan fingerprint density at radius 3 is 3.13 bits per heavy atom. The lowest BCUT2D eigenvalue weighted by molar-refractivity contribution is 0.568. The third-order valence-electron chi connectivity index (χ3n) is 2.30. The number of nitrogens with zero attached hydrogens (tertiary/aromatic N) is 1. The topological polar surface area (TPSA) is 67.8 Å². The Kier molecular flexibility index (Phi) is 2.87. The third-order valence-corrected chi connectivity index (χ3v) is 2.30. The molecule has 2 aromatic heterocycles. The monoisotopic (exact) mass is 205 g/mol. The van der Waals surface area contributed by atoms with Gasteiger partial charge < -0.3 is 15.1 Å². The van der Waals surface area contributed by atoms with E-state index in [4.69, 9.17) is 10.2 Å². The highest BCUT2D eigenvalue weighted by Crippen LogP contribution is 2.17. The second-order valence-corrected chi connectivity index (χ2v) is 3.77. The van der Waals surface area contributed by atoms with Crippen LogP contribution in [-0.2, 0) is 6.42 Å². The normalized spacial score (nSPS) is 12.9. The number of furan rings is 1. The van der Waals surface area contributed by atoms with Crippen molar-refractivity contribution in [3.05, 3.63) is 30.6 Å². The molecule has 0 saturated heterocycles. The molecule has 0 saturated carbocycles. The van der Waals surface area contributed by atoms with Crippen molar-refractivity contribution in [2.24, 2.45) is 5.73 Å². The predicted octanol–water partition coefficient (Wildman–Crippen LogP) is 1.95. The zero-order valence-corrected chi connectivity index (χ0v) is 8.73. The van der Waals surface area contributed by atoms with Gasteiger partial charge in [-0.1, -0.05) is 0 Å². The van der Waals surface area contributed by atoms with Gasteiger partial charge in [-0.15, -0.1) is 0 Å². The fourth-order valence-corrected chi connectivity index (χ4v) is 1.42. The number of aromatic amines is 1. The van der Waals surface area contributed by atoms with E-state index in [9.17, 15) is 0 Å². The van der Waals surface area contributed by atoms with Crippen molar-refractivity contribution in [1.82, 2.24) is 9.97 Å². The lowest BCUT2D eigenvalue weighted by Crippen LogP contribution is -2.15. The second-order valence-electron chi connectivity index (χ2n) is 3.77. The van der Waals surface area contributed by atoms with Crippen LogP contribution < -0.4 is 5.73 Å².